The molecule has 1 aliphatic heterocycles. The Labute approximate surface area is 48.4 Å². The van der Waals surface area contributed by atoms with Crippen molar-refractivity contribution in [1.82, 2.24) is 5.32 Å². The third-order valence-electron chi connectivity index (χ3n) is 1.38. The van der Waals surface area contributed by atoms with Gasteiger partial charge in [-0.3, -0.25) is 0 Å². The number of oxime groups is 1. The van der Waals surface area contributed by atoms with E-state index in [0.717, 1.165) is 13.1 Å². The highest BCUT2D eigenvalue weighted by atomic mass is 16.4. The largest absolute Gasteiger partial charge is 0.411 e. The lowest BCUT2D eigenvalue weighted by Gasteiger charge is -2.25. The van der Waals surface area contributed by atoms with E-state index < -0.39 is 0 Å². The number of rotatable bonds is 1. The Morgan fingerprint density at radius 2 is 2.38 bits per heavy atom. The molecule has 1 saturated heterocycles. The zero-order valence-corrected chi connectivity index (χ0v) is 4.59. The molecule has 0 aromatic carbocycles. The molecule has 45 valence electrons. The van der Waals surface area contributed by atoms with Crippen molar-refractivity contribution in [3.63, 3.8) is 0 Å². The monoisotopic (exact) mass is 113 g/mol. The molecule has 1 aliphatic rings. The Hall–Kier alpha value is -0.570. The fraction of sp³-hybridized carbons (Fsp3) is 0.600. The predicted molar refractivity (Wildman–Crippen MR) is 30.9 cm³/mol. The van der Waals surface area contributed by atoms with E-state index in [1.807, 2.05) is 0 Å². The van der Waals surface area contributed by atoms with Gasteiger partial charge in [-0.25, -0.2) is 0 Å². The van der Waals surface area contributed by atoms with E-state index in [4.69, 9.17) is 5.21 Å². The molecule has 0 aromatic heterocycles. The first-order valence-corrected chi connectivity index (χ1v) is 2.59. The number of nitrogens with one attached hydrogen (secondary N) is 1. The van der Waals surface area contributed by atoms with E-state index in [1.165, 1.54) is 0 Å². The van der Waals surface area contributed by atoms with Gasteiger partial charge in [0.25, 0.3) is 0 Å². The molecule has 0 atom stereocenters. The summed E-state index contributed by atoms with van der Waals surface area (Å²) >= 11 is 0. The third-order valence-corrected chi connectivity index (χ3v) is 1.38. The third kappa shape index (κ3) is 0.816. The zero-order valence-electron chi connectivity index (χ0n) is 4.59. The van der Waals surface area contributed by atoms with Gasteiger partial charge in [0.2, 0.25) is 0 Å². The topological polar surface area (TPSA) is 44.6 Å². The summed E-state index contributed by atoms with van der Waals surface area (Å²) in [6.07, 6.45) is 0. The van der Waals surface area contributed by atoms with Gasteiger partial charge in [-0.2, -0.15) is 0 Å². The van der Waals surface area contributed by atoms with E-state index in [2.05, 4.69) is 17.4 Å². The number of hydrogen-bond acceptors (Lipinski definition) is 3. The van der Waals surface area contributed by atoms with Crippen molar-refractivity contribution >= 4 is 5.71 Å². The molecule has 0 bridgehead atoms. The van der Waals surface area contributed by atoms with Gasteiger partial charge in [-0.15, -0.1) is 0 Å². The predicted octanol–water partition coefficient (Wildman–Crippen LogP) is -0.130. The molecule has 1 fully saturated rings. The summed E-state index contributed by atoms with van der Waals surface area (Å²) in [7, 11) is 0. The fourth-order valence-corrected chi connectivity index (χ4v) is 0.606. The molecule has 1 heterocycles. The SMILES string of the molecule is [CH2]C(=NO)C1CNC1. The molecule has 1 rings (SSSR count). The highest BCUT2D eigenvalue weighted by molar-refractivity contribution is 5.91. The highest BCUT2D eigenvalue weighted by Crippen LogP contribution is 2.03. The number of hydrogen-bond donors (Lipinski definition) is 2. The van der Waals surface area contributed by atoms with Crippen molar-refractivity contribution < 1.29 is 5.21 Å². The van der Waals surface area contributed by atoms with Gasteiger partial charge >= 0.3 is 0 Å². The molecule has 1 radical (unpaired) electrons. The minimum Gasteiger partial charge on any atom is -0.411 e. The Kier molecular flexibility index (Phi) is 1.48. The van der Waals surface area contributed by atoms with Crippen LogP contribution in [-0.4, -0.2) is 24.0 Å². The molecule has 0 unspecified atom stereocenters. The molecule has 0 saturated carbocycles. The average Bonchev–Trinajstić information content (AvgIpc) is 1.62. The van der Waals surface area contributed by atoms with Gasteiger partial charge < -0.3 is 10.5 Å². The summed E-state index contributed by atoms with van der Waals surface area (Å²) in [5, 5.41) is 14.2. The van der Waals surface area contributed by atoms with Crippen LogP contribution < -0.4 is 5.32 Å². The van der Waals surface area contributed by atoms with Crippen LogP contribution >= 0.6 is 0 Å². The summed E-state index contributed by atoms with van der Waals surface area (Å²) in [5.41, 5.74) is 0.587. The molecule has 0 aliphatic carbocycles. The maximum atomic E-state index is 8.17. The van der Waals surface area contributed by atoms with Crippen molar-refractivity contribution in [3.8, 4) is 0 Å². The van der Waals surface area contributed by atoms with E-state index in [9.17, 15) is 0 Å². The first-order chi connectivity index (χ1) is 3.84. The smallest absolute Gasteiger partial charge is 0.0630 e. The summed E-state index contributed by atoms with van der Waals surface area (Å²) in [4.78, 5) is 0. The van der Waals surface area contributed by atoms with Crippen LogP contribution in [-0.2, 0) is 0 Å². The van der Waals surface area contributed by atoms with Crippen LogP contribution in [0.5, 0.6) is 0 Å². The lowest BCUT2D eigenvalue weighted by molar-refractivity contribution is 0.309. The van der Waals surface area contributed by atoms with Crippen molar-refractivity contribution in [2.45, 2.75) is 0 Å². The summed E-state index contributed by atoms with van der Waals surface area (Å²) < 4.78 is 0. The van der Waals surface area contributed by atoms with Gasteiger partial charge in [-0.1, -0.05) is 5.16 Å². The normalized spacial score (nSPS) is 22.9. The first kappa shape index (κ1) is 5.56. The Balaban J connectivity index is 2.34. The lowest BCUT2D eigenvalue weighted by Crippen LogP contribution is -2.45. The lowest BCUT2D eigenvalue weighted by atomic mass is 9.99. The molecule has 3 nitrogen and oxygen atoms in total. The van der Waals surface area contributed by atoms with Crippen LogP contribution in [0.4, 0.5) is 0 Å². The average molecular weight is 113 g/mol. The summed E-state index contributed by atoms with van der Waals surface area (Å²) in [5.74, 6) is 0.375. The van der Waals surface area contributed by atoms with Crippen LogP contribution in [0.1, 0.15) is 0 Å². The van der Waals surface area contributed by atoms with E-state index >= 15 is 0 Å². The van der Waals surface area contributed by atoms with E-state index in [-0.39, 0.29) is 0 Å². The highest BCUT2D eigenvalue weighted by Gasteiger charge is 2.19. The first-order valence-electron chi connectivity index (χ1n) is 2.59. The Morgan fingerprint density at radius 1 is 1.75 bits per heavy atom. The standard InChI is InChI=1S/C5H9N2O/c1-4(7-8)5-2-6-3-5/h5-6,8H,1-3H2. The van der Waals surface area contributed by atoms with Gasteiger partial charge in [0.15, 0.2) is 0 Å². The van der Waals surface area contributed by atoms with E-state index in [1.54, 1.807) is 0 Å². The maximum Gasteiger partial charge on any atom is 0.0630 e. The van der Waals surface area contributed by atoms with Crippen LogP contribution in [0.15, 0.2) is 5.16 Å². The number of nitrogens with zero attached hydrogens (tertiary/aromatic N) is 1. The second-order valence-electron chi connectivity index (χ2n) is 1.95. The summed E-state index contributed by atoms with van der Waals surface area (Å²) in [6, 6.07) is 0. The van der Waals surface area contributed by atoms with Crippen LogP contribution in [0.25, 0.3) is 0 Å². The molecule has 3 heteroatoms. The zero-order chi connectivity index (χ0) is 5.98. The van der Waals surface area contributed by atoms with Crippen molar-refractivity contribution in [3.05, 3.63) is 6.92 Å². The molecule has 8 heavy (non-hydrogen) atoms. The molecule has 0 spiro atoms. The van der Waals surface area contributed by atoms with Crippen molar-refractivity contribution in [2.24, 2.45) is 11.1 Å². The second kappa shape index (κ2) is 2.13. The van der Waals surface area contributed by atoms with Crippen molar-refractivity contribution in [1.29, 1.82) is 0 Å². The van der Waals surface area contributed by atoms with Gasteiger partial charge in [0, 0.05) is 19.0 Å². The molecule has 0 aromatic rings. The second-order valence-corrected chi connectivity index (χ2v) is 1.95. The summed E-state index contributed by atoms with van der Waals surface area (Å²) in [6.45, 7) is 5.35. The Bertz CT molecular complexity index is 107. The van der Waals surface area contributed by atoms with E-state index in [0.29, 0.717) is 11.6 Å². The molecular formula is C5H9N2O. The maximum absolute atomic E-state index is 8.17. The quantitative estimate of drug-likeness (QED) is 0.282. The Morgan fingerprint density at radius 3 is 2.50 bits per heavy atom. The van der Waals surface area contributed by atoms with Crippen molar-refractivity contribution in [2.75, 3.05) is 13.1 Å². The molecule has 2 N–H and O–H groups in total. The van der Waals surface area contributed by atoms with Crippen LogP contribution in [0.2, 0.25) is 0 Å². The fourth-order valence-electron chi connectivity index (χ4n) is 0.606. The van der Waals surface area contributed by atoms with Gasteiger partial charge in [0.05, 0.1) is 5.71 Å². The van der Waals surface area contributed by atoms with Gasteiger partial charge in [0.1, 0.15) is 0 Å². The minimum atomic E-state index is 0.375. The van der Waals surface area contributed by atoms with Crippen LogP contribution in [0, 0.1) is 12.8 Å². The molecule has 0 amide bonds. The molecular weight excluding hydrogens is 104 g/mol. The van der Waals surface area contributed by atoms with Crippen LogP contribution in [0.3, 0.4) is 0 Å². The minimum absolute atomic E-state index is 0.375. The van der Waals surface area contributed by atoms with Gasteiger partial charge in [-0.05, 0) is 6.92 Å².